The fraction of sp³-hybridized carbons (Fsp3) is 0.357. The van der Waals surface area contributed by atoms with Crippen LogP contribution in [0.3, 0.4) is 0 Å². The van der Waals surface area contributed by atoms with Crippen LogP contribution in [0.2, 0.25) is 5.02 Å². The van der Waals surface area contributed by atoms with Gasteiger partial charge in [0.1, 0.15) is 0 Å². The molecule has 100 valence electrons. The van der Waals surface area contributed by atoms with Gasteiger partial charge >= 0.3 is 0 Å². The number of nitrogens with one attached hydrogen (secondary N) is 2. The van der Waals surface area contributed by atoms with E-state index in [1.54, 1.807) is 0 Å². The summed E-state index contributed by atoms with van der Waals surface area (Å²) >= 11 is 6.02. The van der Waals surface area contributed by atoms with E-state index >= 15 is 0 Å². The van der Waals surface area contributed by atoms with E-state index in [2.05, 4.69) is 15.3 Å². The number of aromatic amines is 1. The lowest BCUT2D eigenvalue weighted by atomic mass is 10.1. The lowest BCUT2D eigenvalue weighted by Crippen LogP contribution is -2.33. The van der Waals surface area contributed by atoms with Crippen LogP contribution in [0.1, 0.15) is 18.4 Å². The number of nitrogens with zero attached hydrogens (tertiary/aromatic N) is 1. The Labute approximate surface area is 117 Å². The van der Waals surface area contributed by atoms with Crippen molar-refractivity contribution < 1.29 is 0 Å². The second-order valence-electron chi connectivity index (χ2n) is 4.94. The third-order valence-corrected chi connectivity index (χ3v) is 3.56. The van der Waals surface area contributed by atoms with Gasteiger partial charge in [-0.3, -0.25) is 4.99 Å². The number of hydrogen-bond donors (Lipinski definition) is 3. The minimum Gasteiger partial charge on any atom is -0.370 e. The van der Waals surface area contributed by atoms with Crippen molar-refractivity contribution in [2.75, 3.05) is 6.54 Å². The Morgan fingerprint density at radius 1 is 1.47 bits per heavy atom. The molecule has 0 bridgehead atoms. The molecule has 1 aliphatic carbocycles. The molecule has 19 heavy (non-hydrogen) atoms. The summed E-state index contributed by atoms with van der Waals surface area (Å²) in [6, 6.07) is 6.42. The van der Waals surface area contributed by atoms with Crippen LogP contribution in [0.15, 0.2) is 29.4 Å². The van der Waals surface area contributed by atoms with Gasteiger partial charge in [-0.1, -0.05) is 11.6 Å². The number of H-pyrrole nitrogens is 1. The highest BCUT2D eigenvalue weighted by Crippen LogP contribution is 2.22. The first-order valence-electron chi connectivity index (χ1n) is 6.54. The lowest BCUT2D eigenvalue weighted by molar-refractivity contribution is 0.871. The maximum Gasteiger partial charge on any atom is 0.188 e. The molecule has 1 aromatic heterocycles. The van der Waals surface area contributed by atoms with Gasteiger partial charge < -0.3 is 16.0 Å². The van der Waals surface area contributed by atoms with Crippen molar-refractivity contribution in [1.82, 2.24) is 10.3 Å². The van der Waals surface area contributed by atoms with Gasteiger partial charge in [-0.25, -0.2) is 0 Å². The van der Waals surface area contributed by atoms with Crippen LogP contribution in [0, 0.1) is 0 Å². The molecule has 1 heterocycles. The molecule has 1 aliphatic rings. The Bertz CT molecular complexity index is 613. The molecule has 1 saturated carbocycles. The summed E-state index contributed by atoms with van der Waals surface area (Å²) in [5.74, 6) is 0.556. The van der Waals surface area contributed by atoms with Gasteiger partial charge in [0.25, 0.3) is 0 Å². The molecular formula is C14H17ClN4. The third-order valence-electron chi connectivity index (χ3n) is 3.32. The summed E-state index contributed by atoms with van der Waals surface area (Å²) in [6.07, 6.45) is 5.28. The Morgan fingerprint density at radius 2 is 2.32 bits per heavy atom. The van der Waals surface area contributed by atoms with Crippen molar-refractivity contribution in [3.05, 3.63) is 35.0 Å². The van der Waals surface area contributed by atoms with E-state index in [1.165, 1.54) is 18.4 Å². The van der Waals surface area contributed by atoms with E-state index in [1.807, 2.05) is 24.4 Å². The minimum absolute atomic E-state index is 0.552. The molecule has 0 amide bonds. The average molecular weight is 277 g/mol. The predicted octanol–water partition coefficient (Wildman–Crippen LogP) is 2.43. The number of guanidine groups is 1. The second kappa shape index (κ2) is 5.13. The van der Waals surface area contributed by atoms with Crippen LogP contribution >= 0.6 is 11.6 Å². The number of fused-ring (bicyclic) bond motifs is 1. The number of nitrogens with two attached hydrogens (primary N) is 1. The monoisotopic (exact) mass is 276 g/mol. The Morgan fingerprint density at radius 3 is 3.11 bits per heavy atom. The van der Waals surface area contributed by atoms with Gasteiger partial charge in [-0.05, 0) is 43.0 Å². The summed E-state index contributed by atoms with van der Waals surface area (Å²) < 4.78 is 0. The van der Waals surface area contributed by atoms with Gasteiger partial charge in [-0.2, -0.15) is 0 Å². The molecule has 4 N–H and O–H groups in total. The largest absolute Gasteiger partial charge is 0.370 e. The number of halogens is 1. The fourth-order valence-corrected chi connectivity index (χ4v) is 2.31. The van der Waals surface area contributed by atoms with Crippen molar-refractivity contribution in [3.8, 4) is 0 Å². The summed E-state index contributed by atoms with van der Waals surface area (Å²) in [5.41, 5.74) is 8.13. The molecule has 5 heteroatoms. The Kier molecular flexibility index (Phi) is 3.34. The molecule has 1 fully saturated rings. The van der Waals surface area contributed by atoms with Gasteiger partial charge in [0.15, 0.2) is 5.96 Å². The van der Waals surface area contributed by atoms with Crippen LogP contribution in [-0.2, 0) is 6.42 Å². The van der Waals surface area contributed by atoms with Crippen LogP contribution in [0.4, 0.5) is 0 Å². The quantitative estimate of drug-likeness (QED) is 0.593. The molecule has 0 saturated heterocycles. The molecule has 0 unspecified atom stereocenters. The number of rotatable bonds is 4. The van der Waals surface area contributed by atoms with Crippen molar-refractivity contribution in [2.45, 2.75) is 25.3 Å². The summed E-state index contributed by atoms with van der Waals surface area (Å²) in [7, 11) is 0. The molecule has 0 atom stereocenters. The van der Waals surface area contributed by atoms with Crippen molar-refractivity contribution >= 4 is 28.5 Å². The molecule has 0 radical (unpaired) electrons. The summed E-state index contributed by atoms with van der Waals surface area (Å²) in [4.78, 5) is 7.59. The van der Waals surface area contributed by atoms with Gasteiger partial charge in [0.05, 0.1) is 0 Å². The first-order chi connectivity index (χ1) is 9.22. The van der Waals surface area contributed by atoms with Crippen molar-refractivity contribution in [1.29, 1.82) is 0 Å². The second-order valence-corrected chi connectivity index (χ2v) is 5.38. The van der Waals surface area contributed by atoms with Crippen molar-refractivity contribution in [2.24, 2.45) is 10.7 Å². The topological polar surface area (TPSA) is 66.2 Å². The maximum absolute atomic E-state index is 6.02. The van der Waals surface area contributed by atoms with Crippen LogP contribution < -0.4 is 11.1 Å². The highest BCUT2D eigenvalue weighted by molar-refractivity contribution is 6.31. The molecule has 3 rings (SSSR count). The van der Waals surface area contributed by atoms with Gasteiger partial charge in [0.2, 0.25) is 0 Å². The highest BCUT2D eigenvalue weighted by Gasteiger charge is 2.21. The van der Waals surface area contributed by atoms with Crippen LogP contribution in [-0.4, -0.2) is 23.5 Å². The normalized spacial score (nSPS) is 15.9. The zero-order chi connectivity index (χ0) is 13.2. The molecule has 1 aromatic carbocycles. The lowest BCUT2D eigenvalue weighted by Gasteiger charge is -2.02. The van der Waals surface area contributed by atoms with E-state index < -0.39 is 0 Å². The van der Waals surface area contributed by atoms with E-state index in [0.29, 0.717) is 18.5 Å². The predicted molar refractivity (Wildman–Crippen MR) is 79.7 cm³/mol. The average Bonchev–Trinajstić information content (AvgIpc) is 3.10. The van der Waals surface area contributed by atoms with Gasteiger partial charge in [0, 0.05) is 34.7 Å². The Hall–Kier alpha value is -1.68. The van der Waals surface area contributed by atoms with Crippen molar-refractivity contribution in [3.63, 3.8) is 0 Å². The standard InChI is InChI=1S/C14H17ClN4/c15-10-1-4-13-12(7-10)9(8-18-13)5-6-17-14(16)19-11-2-3-11/h1,4,7-8,11,18H,2-3,5-6H2,(H3,16,17,19). The summed E-state index contributed by atoms with van der Waals surface area (Å²) in [6.45, 7) is 0.686. The van der Waals surface area contributed by atoms with Gasteiger partial charge in [-0.15, -0.1) is 0 Å². The highest BCUT2D eigenvalue weighted by atomic mass is 35.5. The fourth-order valence-electron chi connectivity index (χ4n) is 2.14. The number of hydrogen-bond acceptors (Lipinski definition) is 1. The third kappa shape index (κ3) is 3.01. The number of aromatic nitrogens is 1. The molecule has 0 aliphatic heterocycles. The van der Waals surface area contributed by atoms with E-state index in [-0.39, 0.29) is 0 Å². The molecule has 2 aromatic rings. The zero-order valence-electron chi connectivity index (χ0n) is 10.6. The van der Waals surface area contributed by atoms with E-state index in [9.17, 15) is 0 Å². The SMILES string of the molecule is NC(=NCCc1c[nH]c2ccc(Cl)cc12)NC1CC1. The van der Waals surface area contributed by atoms with Crippen LogP contribution in [0.25, 0.3) is 10.9 Å². The number of aliphatic imine (C=N–C) groups is 1. The molecule has 0 spiro atoms. The number of benzene rings is 1. The first kappa shape index (κ1) is 12.4. The maximum atomic E-state index is 6.02. The first-order valence-corrected chi connectivity index (χ1v) is 6.92. The Balaban J connectivity index is 1.66. The smallest absolute Gasteiger partial charge is 0.188 e. The minimum atomic E-state index is 0.552. The molecular weight excluding hydrogens is 260 g/mol. The van der Waals surface area contributed by atoms with E-state index in [4.69, 9.17) is 17.3 Å². The molecule has 4 nitrogen and oxygen atoms in total. The van der Waals surface area contributed by atoms with Crippen LogP contribution in [0.5, 0.6) is 0 Å². The summed E-state index contributed by atoms with van der Waals surface area (Å²) in [5, 5.41) is 5.10. The zero-order valence-corrected chi connectivity index (χ0v) is 11.4. The van der Waals surface area contributed by atoms with E-state index in [0.717, 1.165) is 22.3 Å².